The van der Waals surface area contributed by atoms with Crippen LogP contribution < -0.4 is 4.74 Å². The second-order valence-electron chi connectivity index (χ2n) is 7.88. The molecule has 0 bridgehead atoms. The Morgan fingerprint density at radius 1 is 1.07 bits per heavy atom. The minimum absolute atomic E-state index is 0.226. The number of aromatic nitrogens is 1. The van der Waals surface area contributed by atoms with E-state index in [-0.39, 0.29) is 5.91 Å². The Labute approximate surface area is 182 Å². The van der Waals surface area contributed by atoms with Gasteiger partial charge in [-0.05, 0) is 19.1 Å². The van der Waals surface area contributed by atoms with Gasteiger partial charge >= 0.3 is 0 Å². The smallest absolute Gasteiger partial charge is 0.236 e. The third-order valence-corrected chi connectivity index (χ3v) is 6.43. The Morgan fingerprint density at radius 3 is 2.50 bits per heavy atom. The van der Waals surface area contributed by atoms with Crippen LogP contribution in [-0.4, -0.2) is 84.6 Å². The zero-order valence-electron chi connectivity index (χ0n) is 17.6. The van der Waals surface area contributed by atoms with Gasteiger partial charge < -0.3 is 14.4 Å². The number of hydrogen-bond donors (Lipinski definition) is 0. The highest BCUT2D eigenvalue weighted by atomic mass is 32.1. The molecule has 4 rings (SSSR count). The number of piperazine rings is 1. The van der Waals surface area contributed by atoms with E-state index >= 15 is 0 Å². The molecule has 1 aromatic carbocycles. The first kappa shape index (κ1) is 21.2. The van der Waals surface area contributed by atoms with Gasteiger partial charge in [0.25, 0.3) is 0 Å². The van der Waals surface area contributed by atoms with Crippen LogP contribution in [0.1, 0.15) is 16.3 Å². The number of morpholine rings is 1. The third-order valence-electron chi connectivity index (χ3n) is 5.56. The maximum atomic E-state index is 12.4. The molecule has 0 aliphatic carbocycles. The summed E-state index contributed by atoms with van der Waals surface area (Å²) in [5.41, 5.74) is 2.32. The van der Waals surface area contributed by atoms with Crippen molar-refractivity contribution in [2.75, 3.05) is 59.0 Å². The van der Waals surface area contributed by atoms with Crippen LogP contribution in [0, 0.1) is 6.92 Å². The van der Waals surface area contributed by atoms with Crippen molar-refractivity contribution in [3.8, 4) is 5.75 Å². The lowest BCUT2D eigenvalue weighted by atomic mass is 10.2. The molecule has 0 saturated carbocycles. The van der Waals surface area contributed by atoms with Crippen molar-refractivity contribution >= 4 is 17.2 Å². The van der Waals surface area contributed by atoms with E-state index in [0.29, 0.717) is 26.4 Å². The number of thiazole rings is 1. The molecule has 2 aliphatic rings. The molecule has 30 heavy (non-hydrogen) atoms. The van der Waals surface area contributed by atoms with Gasteiger partial charge in [-0.15, -0.1) is 11.3 Å². The predicted molar refractivity (Wildman–Crippen MR) is 117 cm³/mol. The van der Waals surface area contributed by atoms with Crippen molar-refractivity contribution in [3.63, 3.8) is 0 Å². The number of hydrogen-bond acceptors (Lipinski definition) is 7. The van der Waals surface area contributed by atoms with Crippen LogP contribution in [0.4, 0.5) is 0 Å². The number of amides is 1. The molecular formula is C22H30N4O3S. The van der Waals surface area contributed by atoms with Gasteiger partial charge in [-0.1, -0.05) is 17.7 Å². The highest BCUT2D eigenvalue weighted by Crippen LogP contribution is 2.17. The first-order valence-corrected chi connectivity index (χ1v) is 11.5. The topological polar surface area (TPSA) is 58.1 Å². The second kappa shape index (κ2) is 10.3. The maximum Gasteiger partial charge on any atom is 0.236 e. The summed E-state index contributed by atoms with van der Waals surface area (Å²) in [6, 6.07) is 8.09. The lowest BCUT2D eigenvalue weighted by Gasteiger charge is -2.35. The van der Waals surface area contributed by atoms with Crippen LogP contribution in [0.5, 0.6) is 5.75 Å². The number of benzene rings is 1. The van der Waals surface area contributed by atoms with Crippen LogP contribution in [0.2, 0.25) is 0 Å². The fraction of sp³-hybridized carbons (Fsp3) is 0.545. The van der Waals surface area contributed by atoms with Crippen molar-refractivity contribution < 1.29 is 14.3 Å². The number of aryl methyl sites for hydroxylation is 1. The Kier molecular flexibility index (Phi) is 7.33. The van der Waals surface area contributed by atoms with E-state index in [0.717, 1.165) is 62.3 Å². The average molecular weight is 431 g/mol. The van der Waals surface area contributed by atoms with E-state index < -0.39 is 0 Å². The molecule has 8 heteroatoms. The number of ether oxygens (including phenoxy) is 2. The SMILES string of the molecule is Cc1ccc(OCc2nc(CN3CCN(CC(=O)N4CCOCC4)CC3)cs2)cc1. The van der Waals surface area contributed by atoms with Gasteiger partial charge in [0.05, 0.1) is 25.5 Å². The summed E-state index contributed by atoms with van der Waals surface area (Å²) in [7, 11) is 0. The summed E-state index contributed by atoms with van der Waals surface area (Å²) in [5.74, 6) is 1.10. The Bertz CT molecular complexity index is 812. The second-order valence-corrected chi connectivity index (χ2v) is 8.82. The molecule has 0 atom stereocenters. The number of rotatable bonds is 7. The normalized spacial score (nSPS) is 18.5. The molecule has 1 aromatic heterocycles. The first-order valence-electron chi connectivity index (χ1n) is 10.6. The average Bonchev–Trinajstić information content (AvgIpc) is 3.22. The van der Waals surface area contributed by atoms with Crippen LogP contribution in [-0.2, 0) is 22.7 Å². The number of carbonyl (C=O) groups is 1. The van der Waals surface area contributed by atoms with Gasteiger partial charge in [0, 0.05) is 51.2 Å². The fourth-order valence-electron chi connectivity index (χ4n) is 3.71. The van der Waals surface area contributed by atoms with E-state index in [9.17, 15) is 4.79 Å². The summed E-state index contributed by atoms with van der Waals surface area (Å²) in [5, 5.41) is 3.13. The molecule has 0 radical (unpaired) electrons. The van der Waals surface area contributed by atoms with Gasteiger partial charge in [0.1, 0.15) is 17.4 Å². The van der Waals surface area contributed by atoms with Crippen molar-refractivity contribution in [3.05, 3.63) is 45.9 Å². The summed E-state index contributed by atoms with van der Waals surface area (Å²) < 4.78 is 11.2. The van der Waals surface area contributed by atoms with Crippen LogP contribution in [0.15, 0.2) is 29.6 Å². The van der Waals surface area contributed by atoms with Crippen LogP contribution in [0.3, 0.4) is 0 Å². The summed E-state index contributed by atoms with van der Waals surface area (Å²) >= 11 is 1.65. The maximum absolute atomic E-state index is 12.4. The monoisotopic (exact) mass is 430 g/mol. The summed E-state index contributed by atoms with van der Waals surface area (Å²) in [6.45, 7) is 10.5. The van der Waals surface area contributed by atoms with Crippen molar-refractivity contribution in [2.24, 2.45) is 0 Å². The summed E-state index contributed by atoms with van der Waals surface area (Å²) in [6.07, 6.45) is 0. The molecule has 0 N–H and O–H groups in total. The van der Waals surface area contributed by atoms with Crippen molar-refractivity contribution in [1.29, 1.82) is 0 Å². The lowest BCUT2D eigenvalue weighted by molar-refractivity contribution is -0.136. The van der Waals surface area contributed by atoms with Gasteiger partial charge in [0.2, 0.25) is 5.91 Å². The van der Waals surface area contributed by atoms with Crippen molar-refractivity contribution in [2.45, 2.75) is 20.1 Å². The van der Waals surface area contributed by atoms with Gasteiger partial charge in [-0.2, -0.15) is 0 Å². The quantitative estimate of drug-likeness (QED) is 0.670. The summed E-state index contributed by atoms with van der Waals surface area (Å²) in [4.78, 5) is 23.7. The van der Waals surface area contributed by atoms with E-state index in [4.69, 9.17) is 14.5 Å². The molecule has 0 spiro atoms. The Hall–Kier alpha value is -2.00. The van der Waals surface area contributed by atoms with Crippen LogP contribution in [0.25, 0.3) is 0 Å². The molecule has 2 saturated heterocycles. The Morgan fingerprint density at radius 2 is 1.77 bits per heavy atom. The molecule has 162 valence electrons. The van der Waals surface area contributed by atoms with E-state index in [1.807, 2.05) is 17.0 Å². The van der Waals surface area contributed by atoms with E-state index in [1.165, 1.54) is 5.56 Å². The largest absolute Gasteiger partial charge is 0.486 e. The first-order chi connectivity index (χ1) is 14.7. The third kappa shape index (κ3) is 6.01. The molecule has 0 unspecified atom stereocenters. The number of carbonyl (C=O) groups excluding carboxylic acids is 1. The minimum atomic E-state index is 0.226. The standard InChI is InChI=1S/C22H30N4O3S/c1-18-2-4-20(5-3-18)29-16-21-23-19(17-30-21)14-24-6-8-25(9-7-24)15-22(27)26-10-12-28-13-11-26/h2-5,17H,6-16H2,1H3. The molecule has 2 aliphatic heterocycles. The highest BCUT2D eigenvalue weighted by Gasteiger charge is 2.23. The minimum Gasteiger partial charge on any atom is -0.486 e. The zero-order valence-corrected chi connectivity index (χ0v) is 18.4. The van der Waals surface area contributed by atoms with Gasteiger partial charge in [0.15, 0.2) is 0 Å². The van der Waals surface area contributed by atoms with Gasteiger partial charge in [-0.25, -0.2) is 4.98 Å². The number of nitrogens with zero attached hydrogens (tertiary/aromatic N) is 4. The van der Waals surface area contributed by atoms with Crippen LogP contribution >= 0.6 is 11.3 Å². The molecular weight excluding hydrogens is 400 g/mol. The fourth-order valence-corrected chi connectivity index (χ4v) is 4.40. The molecule has 1 amide bonds. The Balaban J connectivity index is 1.18. The lowest BCUT2D eigenvalue weighted by Crippen LogP contribution is -2.51. The van der Waals surface area contributed by atoms with Crippen molar-refractivity contribution in [1.82, 2.24) is 19.7 Å². The molecule has 2 fully saturated rings. The van der Waals surface area contributed by atoms with E-state index in [1.54, 1.807) is 11.3 Å². The molecule has 7 nitrogen and oxygen atoms in total. The van der Waals surface area contributed by atoms with E-state index in [2.05, 4.69) is 34.2 Å². The van der Waals surface area contributed by atoms with Gasteiger partial charge in [-0.3, -0.25) is 14.6 Å². The zero-order chi connectivity index (χ0) is 20.8. The highest BCUT2D eigenvalue weighted by molar-refractivity contribution is 7.09. The molecule has 2 aromatic rings. The predicted octanol–water partition coefficient (Wildman–Crippen LogP) is 2.01. The molecule has 3 heterocycles.